The summed E-state index contributed by atoms with van der Waals surface area (Å²) in [5, 5.41) is 9.15. The molecule has 184 valence electrons. The van der Waals surface area contributed by atoms with Gasteiger partial charge in [-0.1, -0.05) is 18.2 Å². The van der Waals surface area contributed by atoms with Crippen LogP contribution >= 0.6 is 0 Å². The minimum absolute atomic E-state index is 0.0434. The predicted octanol–water partition coefficient (Wildman–Crippen LogP) is 4.17. The number of alkyl halides is 3. The number of nitriles is 1. The summed E-state index contributed by atoms with van der Waals surface area (Å²) in [6, 6.07) is 13.7. The van der Waals surface area contributed by atoms with Crippen molar-refractivity contribution in [3.8, 4) is 6.07 Å². The molecule has 2 aromatic carbocycles. The molecule has 2 aliphatic rings. The number of carbonyl (C=O) groups is 2. The highest BCUT2D eigenvalue weighted by atomic mass is 19.4. The number of benzene rings is 2. The first-order valence-electron chi connectivity index (χ1n) is 11.5. The summed E-state index contributed by atoms with van der Waals surface area (Å²) in [6.07, 6.45) is -2.87. The van der Waals surface area contributed by atoms with E-state index in [0.29, 0.717) is 44.5 Å². The third-order valence-corrected chi connectivity index (χ3v) is 7.13. The molecule has 0 radical (unpaired) electrons. The zero-order chi connectivity index (χ0) is 25.4. The predicted molar refractivity (Wildman–Crippen MR) is 125 cm³/mol. The first kappa shape index (κ1) is 24.6. The van der Waals surface area contributed by atoms with Gasteiger partial charge < -0.3 is 14.7 Å². The molecule has 2 fully saturated rings. The van der Waals surface area contributed by atoms with Crippen LogP contribution in [0.25, 0.3) is 0 Å². The van der Waals surface area contributed by atoms with Gasteiger partial charge in [-0.05, 0) is 55.0 Å². The Morgan fingerprint density at radius 1 is 1.09 bits per heavy atom. The Morgan fingerprint density at radius 3 is 2.31 bits per heavy atom. The van der Waals surface area contributed by atoms with E-state index in [-0.39, 0.29) is 22.9 Å². The number of hydrogen-bond acceptors (Lipinski definition) is 4. The van der Waals surface area contributed by atoms with Crippen LogP contribution in [0.15, 0.2) is 48.5 Å². The van der Waals surface area contributed by atoms with Gasteiger partial charge in [0, 0.05) is 45.0 Å². The van der Waals surface area contributed by atoms with Crippen LogP contribution in [-0.4, -0.2) is 61.4 Å². The highest BCUT2D eigenvalue weighted by molar-refractivity contribution is 5.94. The average molecular weight is 485 g/mol. The normalized spacial score (nSPS) is 19.5. The van der Waals surface area contributed by atoms with Crippen LogP contribution in [0.3, 0.4) is 0 Å². The molecule has 1 unspecified atom stereocenters. The lowest BCUT2D eigenvalue weighted by atomic mass is 9.76. The highest BCUT2D eigenvalue weighted by Crippen LogP contribution is 2.46. The quantitative estimate of drug-likeness (QED) is 0.656. The van der Waals surface area contributed by atoms with E-state index in [0.717, 1.165) is 6.07 Å². The second-order valence-corrected chi connectivity index (χ2v) is 9.58. The number of likely N-dealkylation sites (tertiary alicyclic amines) is 1. The van der Waals surface area contributed by atoms with Crippen LogP contribution in [0.2, 0.25) is 0 Å². The van der Waals surface area contributed by atoms with Crippen molar-refractivity contribution in [3.63, 3.8) is 0 Å². The molecule has 1 spiro atoms. The minimum Gasteiger partial charge on any atom is -0.359 e. The summed E-state index contributed by atoms with van der Waals surface area (Å²) in [6.45, 7) is 1.45. The van der Waals surface area contributed by atoms with Crippen molar-refractivity contribution >= 4 is 17.5 Å². The fourth-order valence-corrected chi connectivity index (χ4v) is 5.20. The Hall–Kier alpha value is -3.54. The summed E-state index contributed by atoms with van der Waals surface area (Å²) in [4.78, 5) is 30.9. The Balaban J connectivity index is 1.60. The van der Waals surface area contributed by atoms with Gasteiger partial charge in [0.2, 0.25) is 5.91 Å². The smallest absolute Gasteiger partial charge is 0.359 e. The zero-order valence-corrected chi connectivity index (χ0v) is 19.7. The lowest BCUT2D eigenvalue weighted by Gasteiger charge is -2.39. The molecule has 2 aliphatic heterocycles. The molecule has 9 heteroatoms. The molecular formula is C26H27F3N4O2. The van der Waals surface area contributed by atoms with Crippen molar-refractivity contribution in [3.05, 3.63) is 65.2 Å². The molecule has 6 nitrogen and oxygen atoms in total. The van der Waals surface area contributed by atoms with Gasteiger partial charge in [0.25, 0.3) is 5.91 Å². The Bertz CT molecular complexity index is 1150. The summed E-state index contributed by atoms with van der Waals surface area (Å²) in [7, 11) is 3.26. The van der Waals surface area contributed by atoms with E-state index in [2.05, 4.69) is 0 Å². The number of halogens is 3. The van der Waals surface area contributed by atoms with Gasteiger partial charge in [0.15, 0.2) is 0 Å². The first-order valence-corrected chi connectivity index (χ1v) is 11.5. The molecule has 0 aromatic heterocycles. The molecule has 0 aliphatic carbocycles. The topological polar surface area (TPSA) is 67.7 Å². The number of piperidine rings is 1. The molecule has 0 saturated carbocycles. The maximum atomic E-state index is 13.6. The number of amides is 2. The van der Waals surface area contributed by atoms with Crippen molar-refractivity contribution in [2.45, 2.75) is 31.5 Å². The average Bonchev–Trinajstić information content (AvgIpc) is 3.22. The van der Waals surface area contributed by atoms with Gasteiger partial charge in [-0.3, -0.25) is 9.59 Å². The van der Waals surface area contributed by atoms with Crippen molar-refractivity contribution in [1.29, 1.82) is 5.26 Å². The Labute approximate surface area is 202 Å². The Kier molecular flexibility index (Phi) is 6.50. The van der Waals surface area contributed by atoms with Gasteiger partial charge in [0.1, 0.15) is 6.04 Å². The SMILES string of the molecule is CN(C)C(=O)C1CC2(CCN(C(=O)c3ccccc3)CC2)CN1c1ccc(C#N)c(C(F)(F)F)c1. The van der Waals surface area contributed by atoms with Crippen molar-refractivity contribution < 1.29 is 22.8 Å². The van der Waals surface area contributed by atoms with Crippen LogP contribution in [0.1, 0.15) is 40.7 Å². The number of hydrogen-bond donors (Lipinski definition) is 0. The molecule has 2 heterocycles. The molecular weight excluding hydrogens is 457 g/mol. The first-order chi connectivity index (χ1) is 16.5. The van der Waals surface area contributed by atoms with Crippen LogP contribution in [0, 0.1) is 16.7 Å². The van der Waals surface area contributed by atoms with E-state index in [1.807, 2.05) is 18.2 Å². The minimum atomic E-state index is -4.68. The lowest BCUT2D eigenvalue weighted by molar-refractivity contribution is -0.137. The summed E-state index contributed by atoms with van der Waals surface area (Å²) in [5.74, 6) is -0.222. The van der Waals surface area contributed by atoms with Crippen LogP contribution < -0.4 is 4.90 Å². The largest absolute Gasteiger partial charge is 0.417 e. The monoisotopic (exact) mass is 484 g/mol. The van der Waals surface area contributed by atoms with Crippen LogP contribution in [-0.2, 0) is 11.0 Å². The van der Waals surface area contributed by atoms with E-state index in [4.69, 9.17) is 5.26 Å². The molecule has 0 bridgehead atoms. The third-order valence-electron chi connectivity index (χ3n) is 7.13. The summed E-state index contributed by atoms with van der Waals surface area (Å²) >= 11 is 0. The zero-order valence-electron chi connectivity index (χ0n) is 19.7. The van der Waals surface area contributed by atoms with Crippen molar-refractivity contribution in [1.82, 2.24) is 9.80 Å². The number of rotatable bonds is 3. The molecule has 4 rings (SSSR count). The van der Waals surface area contributed by atoms with E-state index in [1.165, 1.54) is 17.0 Å². The standard InChI is InChI=1S/C26H27F3N4O2/c1-31(2)24(35)22-15-25(10-12-32(13-11-25)23(34)18-6-4-3-5-7-18)17-33(22)20-9-8-19(16-30)21(14-20)26(27,28)29/h3-9,14,22H,10-13,15,17H2,1-2H3. The molecule has 2 saturated heterocycles. The maximum Gasteiger partial charge on any atom is 0.417 e. The maximum absolute atomic E-state index is 13.6. The van der Waals surface area contributed by atoms with Gasteiger partial charge in [-0.25, -0.2) is 0 Å². The van der Waals surface area contributed by atoms with E-state index in [1.54, 1.807) is 42.1 Å². The van der Waals surface area contributed by atoms with E-state index in [9.17, 15) is 22.8 Å². The molecule has 1 atom stereocenters. The van der Waals surface area contributed by atoms with Gasteiger partial charge in [-0.2, -0.15) is 18.4 Å². The van der Waals surface area contributed by atoms with Crippen LogP contribution in [0.4, 0.5) is 18.9 Å². The number of carbonyl (C=O) groups excluding carboxylic acids is 2. The molecule has 0 N–H and O–H groups in total. The Morgan fingerprint density at radius 2 is 1.74 bits per heavy atom. The summed E-state index contributed by atoms with van der Waals surface area (Å²) in [5.41, 5.74) is -0.849. The molecule has 2 aromatic rings. The fraction of sp³-hybridized carbons (Fsp3) is 0.423. The summed E-state index contributed by atoms with van der Waals surface area (Å²) < 4.78 is 40.8. The lowest BCUT2D eigenvalue weighted by Crippen LogP contribution is -2.44. The van der Waals surface area contributed by atoms with Gasteiger partial charge in [-0.15, -0.1) is 0 Å². The highest BCUT2D eigenvalue weighted by Gasteiger charge is 2.49. The van der Waals surface area contributed by atoms with Gasteiger partial charge in [0.05, 0.1) is 17.2 Å². The fourth-order valence-electron chi connectivity index (χ4n) is 5.20. The number of anilines is 1. The second-order valence-electron chi connectivity index (χ2n) is 9.58. The van der Waals surface area contributed by atoms with Crippen molar-refractivity contribution in [2.75, 3.05) is 38.6 Å². The third kappa shape index (κ3) is 4.83. The molecule has 2 amide bonds. The molecule has 35 heavy (non-hydrogen) atoms. The van der Waals surface area contributed by atoms with Gasteiger partial charge >= 0.3 is 6.18 Å². The van der Waals surface area contributed by atoms with E-state index >= 15 is 0 Å². The van der Waals surface area contributed by atoms with E-state index < -0.39 is 23.3 Å². The number of nitrogens with zero attached hydrogens (tertiary/aromatic N) is 4. The van der Waals surface area contributed by atoms with Crippen molar-refractivity contribution in [2.24, 2.45) is 5.41 Å². The number of likely N-dealkylation sites (N-methyl/N-ethyl adjacent to an activating group) is 1. The second kappa shape index (κ2) is 9.25. The van der Waals surface area contributed by atoms with Crippen LogP contribution in [0.5, 0.6) is 0 Å².